The molecule has 0 aliphatic heterocycles. The van der Waals surface area contributed by atoms with Crippen LogP contribution in [0.25, 0.3) is 11.2 Å². The maximum Gasteiger partial charge on any atom is 0.247 e. The van der Waals surface area contributed by atoms with Crippen molar-refractivity contribution in [3.8, 4) is 5.75 Å². The van der Waals surface area contributed by atoms with Crippen molar-refractivity contribution in [2.24, 2.45) is 0 Å². The first kappa shape index (κ1) is 12.6. The van der Waals surface area contributed by atoms with Crippen molar-refractivity contribution in [2.45, 2.75) is 20.5 Å². The first-order chi connectivity index (χ1) is 9.61. The van der Waals surface area contributed by atoms with Gasteiger partial charge in [0, 0.05) is 6.07 Å². The Hall–Kier alpha value is -2.43. The van der Waals surface area contributed by atoms with Gasteiger partial charge in [0.25, 0.3) is 0 Å². The van der Waals surface area contributed by atoms with Gasteiger partial charge < -0.3 is 9.15 Å². The molecule has 0 bridgehead atoms. The van der Waals surface area contributed by atoms with Gasteiger partial charge >= 0.3 is 0 Å². The number of hydrogen-bond donors (Lipinski definition) is 0. The van der Waals surface area contributed by atoms with Gasteiger partial charge in [0.1, 0.15) is 17.1 Å². The Bertz CT molecular complexity index is 768. The van der Waals surface area contributed by atoms with Crippen molar-refractivity contribution in [3.05, 3.63) is 53.3 Å². The summed E-state index contributed by atoms with van der Waals surface area (Å²) >= 11 is 0. The predicted octanol–water partition coefficient (Wildman–Crippen LogP) is 3.56. The van der Waals surface area contributed by atoms with E-state index in [9.17, 15) is 4.39 Å². The third kappa shape index (κ3) is 2.47. The average molecular weight is 272 g/mol. The van der Waals surface area contributed by atoms with Gasteiger partial charge in [-0.05, 0) is 31.0 Å². The Labute approximate surface area is 115 Å². The molecule has 0 atom stereocenters. The van der Waals surface area contributed by atoms with Crippen LogP contribution in [-0.2, 0) is 6.61 Å². The van der Waals surface area contributed by atoms with Gasteiger partial charge in [-0.1, -0.05) is 12.1 Å². The molecule has 0 unspecified atom stereocenters. The summed E-state index contributed by atoms with van der Waals surface area (Å²) in [5.41, 5.74) is 2.86. The van der Waals surface area contributed by atoms with Crippen LogP contribution in [0.15, 0.2) is 34.9 Å². The van der Waals surface area contributed by atoms with Gasteiger partial charge in [-0.3, -0.25) is 0 Å². The van der Waals surface area contributed by atoms with Crippen molar-refractivity contribution in [1.29, 1.82) is 0 Å². The molecule has 0 aliphatic carbocycles. The predicted molar refractivity (Wildman–Crippen MR) is 72.0 cm³/mol. The molecule has 0 N–H and O–H groups in total. The summed E-state index contributed by atoms with van der Waals surface area (Å²) in [6.07, 6.45) is 1.10. The highest BCUT2D eigenvalue weighted by Gasteiger charge is 2.09. The summed E-state index contributed by atoms with van der Waals surface area (Å²) in [6, 6.07) is 7.26. The van der Waals surface area contributed by atoms with Crippen LogP contribution in [0.1, 0.15) is 17.0 Å². The molecule has 102 valence electrons. The zero-order chi connectivity index (χ0) is 14.1. The second-order valence-electron chi connectivity index (χ2n) is 4.64. The summed E-state index contributed by atoms with van der Waals surface area (Å²) in [4.78, 5) is 7.97. The minimum Gasteiger partial charge on any atom is -0.484 e. The van der Waals surface area contributed by atoms with Crippen molar-refractivity contribution in [1.82, 2.24) is 9.97 Å². The van der Waals surface area contributed by atoms with E-state index in [2.05, 4.69) is 9.97 Å². The first-order valence-electron chi connectivity index (χ1n) is 6.23. The Morgan fingerprint density at radius 2 is 2.10 bits per heavy atom. The topological polar surface area (TPSA) is 48.2 Å². The molecule has 0 amide bonds. The number of fused-ring (bicyclic) bond motifs is 1. The fourth-order valence-electron chi connectivity index (χ4n) is 1.91. The highest BCUT2D eigenvalue weighted by atomic mass is 19.1. The number of nitrogens with zero attached hydrogens (tertiary/aromatic N) is 2. The third-order valence-electron chi connectivity index (χ3n) is 2.95. The molecule has 0 saturated heterocycles. The monoisotopic (exact) mass is 272 g/mol. The van der Waals surface area contributed by atoms with E-state index in [-0.39, 0.29) is 6.61 Å². The van der Waals surface area contributed by atoms with E-state index in [4.69, 9.17) is 9.15 Å². The highest BCUT2D eigenvalue weighted by Crippen LogP contribution is 2.21. The van der Waals surface area contributed by atoms with E-state index in [0.29, 0.717) is 17.1 Å². The molecule has 0 aliphatic rings. The molecule has 3 rings (SSSR count). The number of rotatable bonds is 3. The molecular weight excluding hydrogens is 259 g/mol. The molecular formula is C15H13FN2O2. The smallest absolute Gasteiger partial charge is 0.247 e. The zero-order valence-electron chi connectivity index (χ0n) is 11.2. The van der Waals surface area contributed by atoms with Crippen LogP contribution < -0.4 is 4.74 Å². The first-order valence-corrected chi connectivity index (χ1v) is 6.23. The van der Waals surface area contributed by atoms with Gasteiger partial charge in [0.2, 0.25) is 11.6 Å². The Kier molecular flexibility index (Phi) is 3.10. The highest BCUT2D eigenvalue weighted by molar-refractivity contribution is 5.67. The quantitative estimate of drug-likeness (QED) is 0.731. The summed E-state index contributed by atoms with van der Waals surface area (Å²) in [5.74, 6) is 0.721. The molecule has 4 nitrogen and oxygen atoms in total. The van der Waals surface area contributed by atoms with Crippen LogP contribution in [0.4, 0.5) is 4.39 Å². The molecule has 0 spiro atoms. The fourth-order valence-corrected chi connectivity index (χ4v) is 1.91. The molecule has 2 heterocycles. The summed E-state index contributed by atoms with van der Waals surface area (Å²) < 4.78 is 24.1. The minimum atomic E-state index is -0.437. The van der Waals surface area contributed by atoms with Crippen molar-refractivity contribution in [3.63, 3.8) is 0 Å². The molecule has 0 radical (unpaired) electrons. The van der Waals surface area contributed by atoms with Gasteiger partial charge in [0.05, 0.1) is 6.20 Å². The lowest BCUT2D eigenvalue weighted by atomic mass is 10.1. The lowest BCUT2D eigenvalue weighted by molar-refractivity contribution is 0.265. The molecule has 2 aromatic heterocycles. The standard InChI is InChI=1S/C15H13FN2O2/c1-9-3-4-10(2)13(5-9)19-8-14-18-12-6-11(16)7-17-15(12)20-14/h3-7H,8H2,1-2H3. The van der Waals surface area contributed by atoms with Gasteiger partial charge in [-0.2, -0.15) is 0 Å². The van der Waals surface area contributed by atoms with E-state index in [1.165, 1.54) is 6.07 Å². The number of hydrogen-bond acceptors (Lipinski definition) is 4. The van der Waals surface area contributed by atoms with Crippen molar-refractivity contribution < 1.29 is 13.5 Å². The average Bonchev–Trinajstić information content (AvgIpc) is 2.81. The summed E-state index contributed by atoms with van der Waals surface area (Å²) in [6.45, 7) is 4.15. The van der Waals surface area contributed by atoms with Crippen LogP contribution in [0, 0.1) is 19.7 Å². The second-order valence-corrected chi connectivity index (χ2v) is 4.64. The Morgan fingerprint density at radius 1 is 1.25 bits per heavy atom. The number of ether oxygens (including phenoxy) is 1. The number of benzene rings is 1. The zero-order valence-corrected chi connectivity index (χ0v) is 11.2. The van der Waals surface area contributed by atoms with Gasteiger partial charge in [-0.25, -0.2) is 14.4 Å². The lowest BCUT2D eigenvalue weighted by Crippen LogP contribution is -1.97. The maximum absolute atomic E-state index is 13.0. The van der Waals surface area contributed by atoms with Crippen LogP contribution in [0.5, 0.6) is 5.75 Å². The van der Waals surface area contributed by atoms with Crippen LogP contribution in [0.2, 0.25) is 0 Å². The second kappa shape index (κ2) is 4.92. The molecule has 3 aromatic rings. The Balaban J connectivity index is 1.81. The van der Waals surface area contributed by atoms with Crippen molar-refractivity contribution in [2.75, 3.05) is 0 Å². The largest absolute Gasteiger partial charge is 0.484 e. The molecule has 0 saturated carbocycles. The van der Waals surface area contributed by atoms with Crippen molar-refractivity contribution >= 4 is 11.2 Å². The number of aryl methyl sites for hydroxylation is 2. The summed E-state index contributed by atoms with van der Waals surface area (Å²) in [7, 11) is 0. The molecule has 20 heavy (non-hydrogen) atoms. The fraction of sp³-hybridized carbons (Fsp3) is 0.200. The van der Waals surface area contributed by atoms with Gasteiger partial charge in [0.15, 0.2) is 6.61 Å². The summed E-state index contributed by atoms with van der Waals surface area (Å²) in [5, 5.41) is 0. The van der Waals surface area contributed by atoms with E-state index in [1.807, 2.05) is 32.0 Å². The van der Waals surface area contributed by atoms with Gasteiger partial charge in [-0.15, -0.1) is 0 Å². The number of oxazole rings is 1. The number of pyridine rings is 1. The number of aromatic nitrogens is 2. The molecule has 0 fully saturated rings. The van der Waals surface area contributed by atoms with E-state index < -0.39 is 5.82 Å². The molecule has 5 heteroatoms. The van der Waals surface area contributed by atoms with E-state index in [1.54, 1.807) is 0 Å². The van der Waals surface area contributed by atoms with E-state index >= 15 is 0 Å². The minimum absolute atomic E-state index is 0.183. The third-order valence-corrected chi connectivity index (χ3v) is 2.95. The van der Waals surface area contributed by atoms with Crippen LogP contribution in [0.3, 0.4) is 0 Å². The lowest BCUT2D eigenvalue weighted by Gasteiger charge is -2.07. The molecule has 1 aromatic carbocycles. The Morgan fingerprint density at radius 3 is 2.95 bits per heavy atom. The van der Waals surface area contributed by atoms with E-state index in [0.717, 1.165) is 23.1 Å². The van der Waals surface area contributed by atoms with Crippen LogP contribution in [-0.4, -0.2) is 9.97 Å². The maximum atomic E-state index is 13.0. The van der Waals surface area contributed by atoms with Crippen LogP contribution >= 0.6 is 0 Å². The number of halogens is 1. The SMILES string of the molecule is Cc1ccc(C)c(OCc2nc3cc(F)cnc3o2)c1. The normalized spacial score (nSPS) is 10.9.